The first-order chi connectivity index (χ1) is 6.77. The Morgan fingerprint density at radius 2 is 2.14 bits per heavy atom. The molecular formula is C10H14N2O2. The van der Waals surface area contributed by atoms with Crippen LogP contribution in [0.25, 0.3) is 0 Å². The predicted octanol–water partition coefficient (Wildman–Crippen LogP) is 0.853. The second kappa shape index (κ2) is 5.24. The van der Waals surface area contributed by atoms with Crippen LogP contribution in [0.1, 0.15) is 0 Å². The molecule has 1 aromatic rings. The van der Waals surface area contributed by atoms with Crippen molar-refractivity contribution in [2.75, 3.05) is 26.0 Å². The van der Waals surface area contributed by atoms with Crippen molar-refractivity contribution in [2.24, 2.45) is 0 Å². The lowest BCUT2D eigenvalue weighted by Crippen LogP contribution is -2.25. The molecule has 0 bridgehead atoms. The highest BCUT2D eigenvalue weighted by atomic mass is 16.5. The number of amides is 1. The Morgan fingerprint density at radius 3 is 2.79 bits per heavy atom. The van der Waals surface area contributed by atoms with E-state index in [9.17, 15) is 4.79 Å². The molecule has 76 valence electrons. The lowest BCUT2D eigenvalue weighted by Gasteiger charge is -2.09. The molecule has 1 amide bonds. The third kappa shape index (κ3) is 2.74. The standard InChI is InChI=1S/C10H14N2O2/c1-11-7-10(13)12-8-5-3-4-6-9(8)14-2/h3-6,11H,7H2,1-2H3,(H,12,13). The lowest BCUT2D eigenvalue weighted by atomic mass is 10.3. The molecule has 0 saturated heterocycles. The first-order valence-corrected chi connectivity index (χ1v) is 4.35. The molecule has 0 saturated carbocycles. The van der Waals surface area contributed by atoms with Crippen LogP contribution in [0.15, 0.2) is 24.3 Å². The SMILES string of the molecule is CNCC(=O)Nc1ccccc1OC. The summed E-state index contributed by atoms with van der Waals surface area (Å²) in [5.41, 5.74) is 0.690. The Bertz CT molecular complexity index is 313. The minimum atomic E-state index is -0.0861. The van der Waals surface area contributed by atoms with Crippen molar-refractivity contribution < 1.29 is 9.53 Å². The van der Waals surface area contributed by atoms with Gasteiger partial charge in [0.25, 0.3) is 0 Å². The van der Waals surface area contributed by atoms with Gasteiger partial charge in [-0.05, 0) is 19.2 Å². The van der Waals surface area contributed by atoms with Gasteiger partial charge in [-0.15, -0.1) is 0 Å². The van der Waals surface area contributed by atoms with E-state index < -0.39 is 0 Å². The van der Waals surface area contributed by atoms with Crippen LogP contribution in [0.3, 0.4) is 0 Å². The van der Waals surface area contributed by atoms with Crippen molar-refractivity contribution in [2.45, 2.75) is 0 Å². The minimum Gasteiger partial charge on any atom is -0.495 e. The number of nitrogens with one attached hydrogen (secondary N) is 2. The van der Waals surface area contributed by atoms with Gasteiger partial charge < -0.3 is 15.4 Å². The van der Waals surface area contributed by atoms with E-state index in [1.807, 2.05) is 12.1 Å². The summed E-state index contributed by atoms with van der Waals surface area (Å²) in [6.07, 6.45) is 0. The molecule has 0 aromatic heterocycles. The fraction of sp³-hybridized carbons (Fsp3) is 0.300. The fourth-order valence-electron chi connectivity index (χ4n) is 1.10. The highest BCUT2D eigenvalue weighted by molar-refractivity contribution is 5.93. The molecule has 1 aromatic carbocycles. The first-order valence-electron chi connectivity index (χ1n) is 4.35. The molecule has 14 heavy (non-hydrogen) atoms. The summed E-state index contributed by atoms with van der Waals surface area (Å²) in [5, 5.41) is 5.51. The van der Waals surface area contributed by atoms with Gasteiger partial charge in [0.05, 0.1) is 19.3 Å². The number of rotatable bonds is 4. The average molecular weight is 194 g/mol. The number of carbonyl (C=O) groups excluding carboxylic acids is 1. The Morgan fingerprint density at radius 1 is 1.43 bits per heavy atom. The first kappa shape index (κ1) is 10.5. The van der Waals surface area contributed by atoms with Crippen LogP contribution in [0.5, 0.6) is 5.75 Å². The maximum Gasteiger partial charge on any atom is 0.238 e. The number of anilines is 1. The van der Waals surface area contributed by atoms with Gasteiger partial charge in [-0.2, -0.15) is 0 Å². The van der Waals surface area contributed by atoms with Crippen molar-refractivity contribution in [1.29, 1.82) is 0 Å². The summed E-state index contributed by atoms with van der Waals surface area (Å²) >= 11 is 0. The molecule has 0 fully saturated rings. The van der Waals surface area contributed by atoms with Crippen LogP contribution in [-0.4, -0.2) is 26.6 Å². The van der Waals surface area contributed by atoms with E-state index in [1.165, 1.54) is 0 Å². The van der Waals surface area contributed by atoms with Gasteiger partial charge in [-0.3, -0.25) is 4.79 Å². The van der Waals surface area contributed by atoms with Gasteiger partial charge >= 0.3 is 0 Å². The summed E-state index contributed by atoms with van der Waals surface area (Å²) < 4.78 is 5.09. The van der Waals surface area contributed by atoms with Gasteiger partial charge in [-0.25, -0.2) is 0 Å². The maximum absolute atomic E-state index is 11.3. The number of carbonyl (C=O) groups is 1. The molecule has 0 aliphatic heterocycles. The molecule has 1 rings (SSSR count). The number of ether oxygens (including phenoxy) is 1. The summed E-state index contributed by atoms with van der Waals surface area (Å²) in [4.78, 5) is 11.3. The lowest BCUT2D eigenvalue weighted by molar-refractivity contribution is -0.115. The summed E-state index contributed by atoms with van der Waals surface area (Å²) in [6.45, 7) is 0.290. The quantitative estimate of drug-likeness (QED) is 0.747. The molecule has 0 radical (unpaired) electrons. The number of hydrogen-bond acceptors (Lipinski definition) is 3. The van der Waals surface area contributed by atoms with Crippen LogP contribution in [0.2, 0.25) is 0 Å². The van der Waals surface area contributed by atoms with Crippen LogP contribution in [-0.2, 0) is 4.79 Å². The zero-order chi connectivity index (χ0) is 10.4. The molecule has 4 heteroatoms. The molecule has 0 aliphatic carbocycles. The summed E-state index contributed by atoms with van der Waals surface area (Å²) in [5.74, 6) is 0.578. The molecule has 0 unspecified atom stereocenters. The van der Waals surface area contributed by atoms with Crippen molar-refractivity contribution in [3.8, 4) is 5.75 Å². The Labute approximate surface area is 83.3 Å². The summed E-state index contributed by atoms with van der Waals surface area (Å²) in [7, 11) is 3.30. The van der Waals surface area contributed by atoms with Crippen LogP contribution in [0.4, 0.5) is 5.69 Å². The number of benzene rings is 1. The topological polar surface area (TPSA) is 50.4 Å². The molecule has 4 nitrogen and oxygen atoms in total. The van der Waals surface area contributed by atoms with E-state index in [0.29, 0.717) is 11.4 Å². The van der Waals surface area contributed by atoms with E-state index in [2.05, 4.69) is 10.6 Å². The minimum absolute atomic E-state index is 0.0861. The second-order valence-electron chi connectivity index (χ2n) is 2.78. The maximum atomic E-state index is 11.3. The van der Waals surface area contributed by atoms with Crippen molar-refractivity contribution in [3.63, 3.8) is 0 Å². The molecule has 0 heterocycles. The van der Waals surface area contributed by atoms with Gasteiger partial charge in [-0.1, -0.05) is 12.1 Å². The van der Waals surface area contributed by atoms with Gasteiger partial charge in [0, 0.05) is 0 Å². The highest BCUT2D eigenvalue weighted by Gasteiger charge is 2.04. The average Bonchev–Trinajstić information content (AvgIpc) is 2.19. The predicted molar refractivity (Wildman–Crippen MR) is 55.6 cm³/mol. The summed E-state index contributed by atoms with van der Waals surface area (Å²) in [6, 6.07) is 7.30. The fourth-order valence-corrected chi connectivity index (χ4v) is 1.10. The molecular weight excluding hydrogens is 180 g/mol. The molecule has 0 aliphatic rings. The monoisotopic (exact) mass is 194 g/mol. The van der Waals surface area contributed by atoms with E-state index >= 15 is 0 Å². The Hall–Kier alpha value is -1.55. The van der Waals surface area contributed by atoms with Gasteiger partial charge in [0.2, 0.25) is 5.91 Å². The second-order valence-corrected chi connectivity index (χ2v) is 2.78. The molecule has 0 spiro atoms. The van der Waals surface area contributed by atoms with E-state index in [1.54, 1.807) is 26.3 Å². The van der Waals surface area contributed by atoms with Gasteiger partial charge in [0.15, 0.2) is 0 Å². The zero-order valence-corrected chi connectivity index (χ0v) is 8.33. The normalized spacial score (nSPS) is 9.57. The van der Waals surface area contributed by atoms with Gasteiger partial charge in [0.1, 0.15) is 5.75 Å². The Balaban J connectivity index is 2.70. The van der Waals surface area contributed by atoms with E-state index in [4.69, 9.17) is 4.74 Å². The number of hydrogen-bond donors (Lipinski definition) is 2. The van der Waals surface area contributed by atoms with Crippen molar-refractivity contribution >= 4 is 11.6 Å². The van der Waals surface area contributed by atoms with E-state index in [0.717, 1.165) is 0 Å². The van der Waals surface area contributed by atoms with Crippen LogP contribution < -0.4 is 15.4 Å². The number of methoxy groups -OCH3 is 1. The highest BCUT2D eigenvalue weighted by Crippen LogP contribution is 2.22. The Kier molecular flexibility index (Phi) is 3.94. The molecule has 2 N–H and O–H groups in total. The third-order valence-corrected chi connectivity index (χ3v) is 1.72. The number of likely N-dealkylation sites (N-methyl/N-ethyl adjacent to an activating group) is 1. The van der Waals surface area contributed by atoms with Crippen LogP contribution >= 0.6 is 0 Å². The van der Waals surface area contributed by atoms with Crippen molar-refractivity contribution in [1.82, 2.24) is 5.32 Å². The zero-order valence-electron chi connectivity index (χ0n) is 8.33. The third-order valence-electron chi connectivity index (χ3n) is 1.72. The van der Waals surface area contributed by atoms with Crippen LogP contribution in [0, 0.1) is 0 Å². The molecule has 0 atom stereocenters. The van der Waals surface area contributed by atoms with E-state index in [-0.39, 0.29) is 12.5 Å². The largest absolute Gasteiger partial charge is 0.495 e. The number of para-hydroxylation sites is 2. The smallest absolute Gasteiger partial charge is 0.238 e. The van der Waals surface area contributed by atoms with Crippen molar-refractivity contribution in [3.05, 3.63) is 24.3 Å².